The van der Waals surface area contributed by atoms with E-state index in [0.717, 1.165) is 0 Å². The fourth-order valence-electron chi connectivity index (χ4n) is 1.27. The second-order valence-electron chi connectivity index (χ2n) is 4.21. The van der Waals surface area contributed by atoms with E-state index < -0.39 is 16.6 Å². The van der Waals surface area contributed by atoms with E-state index in [9.17, 15) is 8.60 Å². The molecule has 0 radical (unpaired) electrons. The van der Waals surface area contributed by atoms with Gasteiger partial charge in [-0.2, -0.15) is 0 Å². The predicted molar refractivity (Wildman–Crippen MR) is 67.7 cm³/mol. The summed E-state index contributed by atoms with van der Waals surface area (Å²) in [6, 6.07) is 4.19. The topological polar surface area (TPSA) is 52.3 Å². The Bertz CT molecular complexity index is 396. The lowest BCUT2D eigenvalue weighted by Gasteiger charge is -2.07. The summed E-state index contributed by atoms with van der Waals surface area (Å²) < 4.78 is 30.5. The van der Waals surface area contributed by atoms with E-state index in [1.807, 2.05) is 13.8 Å². The predicted octanol–water partition coefficient (Wildman–Crippen LogP) is 2.19. The highest BCUT2D eigenvalue weighted by Gasteiger charge is 2.10. The second-order valence-corrected chi connectivity index (χ2v) is 5.75. The van der Waals surface area contributed by atoms with Crippen molar-refractivity contribution in [2.24, 2.45) is 5.92 Å². The van der Waals surface area contributed by atoms with Gasteiger partial charge < -0.3 is 10.5 Å². The molecule has 1 unspecified atom stereocenters. The molecule has 0 fully saturated rings. The molecular weight excluding hydrogens is 241 g/mol. The molecule has 0 bridgehead atoms. The number of halogens is 1. The van der Waals surface area contributed by atoms with Crippen LogP contribution in [0.2, 0.25) is 0 Å². The van der Waals surface area contributed by atoms with Gasteiger partial charge in [-0.15, -0.1) is 0 Å². The smallest absolute Gasteiger partial charge is 0.141 e. The maximum absolute atomic E-state index is 13.4. The Labute approximate surface area is 104 Å². The van der Waals surface area contributed by atoms with Crippen molar-refractivity contribution >= 4 is 16.5 Å². The third-order valence-corrected chi connectivity index (χ3v) is 3.42. The summed E-state index contributed by atoms with van der Waals surface area (Å²) in [5, 5.41) is 0. The molecule has 3 nitrogen and oxygen atoms in total. The molecule has 0 amide bonds. The molecule has 0 aliphatic carbocycles. The van der Waals surface area contributed by atoms with Gasteiger partial charge in [-0.25, -0.2) is 4.39 Å². The van der Waals surface area contributed by atoms with Crippen molar-refractivity contribution < 1.29 is 13.3 Å². The molecule has 0 aromatic heterocycles. The Morgan fingerprint density at radius 3 is 2.76 bits per heavy atom. The summed E-state index contributed by atoms with van der Waals surface area (Å²) in [6.07, 6.45) is 0. The fourth-order valence-corrected chi connectivity index (χ4v) is 2.25. The molecule has 0 heterocycles. The van der Waals surface area contributed by atoms with Gasteiger partial charge in [0, 0.05) is 12.3 Å². The van der Waals surface area contributed by atoms with E-state index >= 15 is 0 Å². The van der Waals surface area contributed by atoms with E-state index in [-0.39, 0.29) is 4.90 Å². The molecule has 1 aromatic carbocycles. The molecule has 0 spiro atoms. The molecule has 96 valence electrons. The number of nitrogen functional groups attached to an aromatic ring is 1. The first-order valence-electron chi connectivity index (χ1n) is 5.52. The Kier molecular flexibility index (Phi) is 5.58. The van der Waals surface area contributed by atoms with Crippen LogP contribution >= 0.6 is 0 Å². The van der Waals surface area contributed by atoms with E-state index in [2.05, 4.69) is 0 Å². The van der Waals surface area contributed by atoms with Crippen molar-refractivity contribution in [2.75, 3.05) is 24.7 Å². The Morgan fingerprint density at radius 2 is 2.18 bits per heavy atom. The zero-order valence-electron chi connectivity index (χ0n) is 10.1. The van der Waals surface area contributed by atoms with E-state index in [1.165, 1.54) is 12.1 Å². The van der Waals surface area contributed by atoms with Crippen LogP contribution in [0.1, 0.15) is 13.8 Å². The number of hydrogen-bond acceptors (Lipinski definition) is 3. The van der Waals surface area contributed by atoms with Gasteiger partial charge in [-0.3, -0.25) is 4.21 Å². The first-order chi connectivity index (χ1) is 8.00. The first-order valence-corrected chi connectivity index (χ1v) is 6.83. The Hall–Kier alpha value is -0.940. The molecule has 5 heteroatoms. The molecule has 0 saturated carbocycles. The highest BCUT2D eigenvalue weighted by Crippen LogP contribution is 2.15. The van der Waals surface area contributed by atoms with Crippen molar-refractivity contribution in [3.63, 3.8) is 0 Å². The normalized spacial score (nSPS) is 12.9. The average Bonchev–Trinajstić information content (AvgIpc) is 2.23. The Morgan fingerprint density at radius 1 is 1.47 bits per heavy atom. The van der Waals surface area contributed by atoms with Crippen LogP contribution in [0, 0.1) is 11.7 Å². The largest absolute Gasteiger partial charge is 0.399 e. The fraction of sp³-hybridized carbons (Fsp3) is 0.500. The number of anilines is 1. The number of rotatable bonds is 6. The van der Waals surface area contributed by atoms with Crippen molar-refractivity contribution in [2.45, 2.75) is 18.7 Å². The SMILES string of the molecule is CC(C)COCCS(=O)c1ccc(N)cc1F. The molecule has 1 atom stereocenters. The van der Waals surface area contributed by atoms with Gasteiger partial charge in [-0.05, 0) is 24.1 Å². The number of benzene rings is 1. The number of nitrogens with two attached hydrogens (primary N) is 1. The van der Waals surface area contributed by atoms with Crippen LogP contribution in [-0.2, 0) is 15.5 Å². The Balaban J connectivity index is 2.47. The lowest BCUT2D eigenvalue weighted by Crippen LogP contribution is -2.10. The van der Waals surface area contributed by atoms with Crippen molar-refractivity contribution in [1.82, 2.24) is 0 Å². The van der Waals surface area contributed by atoms with Crippen LogP contribution in [0.25, 0.3) is 0 Å². The summed E-state index contributed by atoms with van der Waals surface area (Å²) in [7, 11) is -1.37. The highest BCUT2D eigenvalue weighted by molar-refractivity contribution is 7.85. The van der Waals surface area contributed by atoms with Crippen LogP contribution in [-0.4, -0.2) is 23.2 Å². The second kappa shape index (κ2) is 6.71. The van der Waals surface area contributed by atoms with Gasteiger partial charge >= 0.3 is 0 Å². The molecule has 1 rings (SSSR count). The monoisotopic (exact) mass is 259 g/mol. The standard InChI is InChI=1S/C12H18FNO2S/c1-9(2)8-16-5-6-17(15)12-4-3-10(14)7-11(12)13/h3-4,7,9H,5-6,8,14H2,1-2H3. The van der Waals surface area contributed by atoms with Crippen molar-refractivity contribution in [3.8, 4) is 0 Å². The van der Waals surface area contributed by atoms with Crippen LogP contribution in [0.4, 0.5) is 10.1 Å². The molecule has 0 saturated heterocycles. The minimum Gasteiger partial charge on any atom is -0.399 e. The maximum Gasteiger partial charge on any atom is 0.141 e. The van der Waals surface area contributed by atoms with Crippen LogP contribution in [0.5, 0.6) is 0 Å². The van der Waals surface area contributed by atoms with Crippen LogP contribution < -0.4 is 5.73 Å². The van der Waals surface area contributed by atoms with Gasteiger partial charge in [0.15, 0.2) is 0 Å². The molecular formula is C12H18FNO2S. The lowest BCUT2D eigenvalue weighted by atomic mass is 10.2. The zero-order chi connectivity index (χ0) is 12.8. The summed E-state index contributed by atoms with van der Waals surface area (Å²) in [5.41, 5.74) is 5.75. The van der Waals surface area contributed by atoms with Gasteiger partial charge in [0.25, 0.3) is 0 Å². The molecule has 0 aliphatic rings. The first kappa shape index (κ1) is 14.1. The zero-order valence-corrected chi connectivity index (χ0v) is 10.9. The molecule has 1 aromatic rings. The number of ether oxygens (including phenoxy) is 1. The average molecular weight is 259 g/mol. The third kappa shape index (κ3) is 4.83. The summed E-state index contributed by atoms with van der Waals surface area (Å²) >= 11 is 0. The highest BCUT2D eigenvalue weighted by atomic mass is 32.2. The summed E-state index contributed by atoms with van der Waals surface area (Å²) in [4.78, 5) is 0.187. The lowest BCUT2D eigenvalue weighted by molar-refractivity contribution is 0.123. The van der Waals surface area contributed by atoms with Gasteiger partial charge in [0.05, 0.1) is 28.1 Å². The summed E-state index contributed by atoms with van der Waals surface area (Å²) in [6.45, 7) is 5.07. The minimum atomic E-state index is -1.37. The van der Waals surface area contributed by atoms with Gasteiger partial charge in [0.1, 0.15) is 5.82 Å². The third-order valence-electron chi connectivity index (χ3n) is 2.07. The van der Waals surface area contributed by atoms with E-state index in [1.54, 1.807) is 6.07 Å². The molecule has 17 heavy (non-hydrogen) atoms. The van der Waals surface area contributed by atoms with E-state index in [0.29, 0.717) is 30.6 Å². The molecule has 0 aliphatic heterocycles. The quantitative estimate of drug-likeness (QED) is 0.629. The van der Waals surface area contributed by atoms with Crippen LogP contribution in [0.15, 0.2) is 23.1 Å². The van der Waals surface area contributed by atoms with Gasteiger partial charge in [-0.1, -0.05) is 13.8 Å². The number of hydrogen-bond donors (Lipinski definition) is 1. The summed E-state index contributed by atoms with van der Waals surface area (Å²) in [5.74, 6) is 0.219. The van der Waals surface area contributed by atoms with Crippen molar-refractivity contribution in [3.05, 3.63) is 24.0 Å². The minimum absolute atomic E-state index is 0.187. The van der Waals surface area contributed by atoms with E-state index in [4.69, 9.17) is 10.5 Å². The van der Waals surface area contributed by atoms with Crippen molar-refractivity contribution in [1.29, 1.82) is 0 Å². The van der Waals surface area contributed by atoms with Crippen LogP contribution in [0.3, 0.4) is 0 Å². The van der Waals surface area contributed by atoms with Gasteiger partial charge in [0.2, 0.25) is 0 Å². The molecule has 2 N–H and O–H groups in total. The maximum atomic E-state index is 13.4.